The van der Waals surface area contributed by atoms with Crippen molar-refractivity contribution < 1.29 is 4.42 Å². The van der Waals surface area contributed by atoms with Gasteiger partial charge in [-0.05, 0) is 30.2 Å². The van der Waals surface area contributed by atoms with Crippen LogP contribution in [-0.4, -0.2) is 0 Å². The van der Waals surface area contributed by atoms with Gasteiger partial charge in [-0.3, -0.25) is 0 Å². The van der Waals surface area contributed by atoms with Crippen molar-refractivity contribution in [2.75, 3.05) is 0 Å². The van der Waals surface area contributed by atoms with Crippen molar-refractivity contribution in [2.45, 2.75) is 44.4 Å². The molecule has 0 aliphatic rings. The minimum Gasteiger partial charge on any atom is -0.456 e. The zero-order valence-electron chi connectivity index (χ0n) is 12.4. The van der Waals surface area contributed by atoms with Gasteiger partial charge in [-0.1, -0.05) is 56.9 Å². The summed E-state index contributed by atoms with van der Waals surface area (Å²) in [6.07, 6.45) is 6.08. The van der Waals surface area contributed by atoms with E-state index in [-0.39, 0.29) is 5.38 Å². The van der Waals surface area contributed by atoms with Crippen LogP contribution in [-0.2, 0) is 0 Å². The van der Waals surface area contributed by atoms with E-state index < -0.39 is 0 Å². The number of alkyl halides is 1. The second kappa shape index (κ2) is 6.53. The van der Waals surface area contributed by atoms with Gasteiger partial charge in [-0.25, -0.2) is 0 Å². The van der Waals surface area contributed by atoms with Crippen molar-refractivity contribution in [1.82, 2.24) is 0 Å². The lowest BCUT2D eigenvalue weighted by molar-refractivity contribution is 0.624. The maximum absolute atomic E-state index is 6.57. The van der Waals surface area contributed by atoms with Crippen LogP contribution in [0.3, 0.4) is 0 Å². The fraction of sp³-hybridized carbons (Fsp3) is 0.368. The van der Waals surface area contributed by atoms with Crippen molar-refractivity contribution in [3.8, 4) is 0 Å². The Hall–Kier alpha value is -1.47. The van der Waals surface area contributed by atoms with Gasteiger partial charge in [0.1, 0.15) is 11.2 Å². The quantitative estimate of drug-likeness (QED) is 0.359. The van der Waals surface area contributed by atoms with Gasteiger partial charge in [0.2, 0.25) is 0 Å². The van der Waals surface area contributed by atoms with Gasteiger partial charge in [0.05, 0.1) is 5.38 Å². The maximum Gasteiger partial charge on any atom is 0.135 e. The molecule has 0 bridgehead atoms. The largest absolute Gasteiger partial charge is 0.456 e. The predicted octanol–water partition coefficient (Wildman–Crippen LogP) is 6.84. The second-order valence-electron chi connectivity index (χ2n) is 5.67. The van der Waals surface area contributed by atoms with Crippen LogP contribution < -0.4 is 0 Å². The Kier molecular flexibility index (Phi) is 4.50. The number of halogens is 1. The Morgan fingerprint density at radius 1 is 0.952 bits per heavy atom. The van der Waals surface area contributed by atoms with Crippen LogP contribution >= 0.6 is 11.6 Å². The Balaban J connectivity index is 1.84. The average molecular weight is 301 g/mol. The molecule has 1 aromatic heterocycles. The first-order chi connectivity index (χ1) is 10.3. The zero-order valence-corrected chi connectivity index (χ0v) is 13.2. The summed E-state index contributed by atoms with van der Waals surface area (Å²) in [4.78, 5) is 0. The highest BCUT2D eigenvalue weighted by molar-refractivity contribution is 6.21. The van der Waals surface area contributed by atoms with E-state index in [1.807, 2.05) is 24.3 Å². The standard InChI is InChI=1S/C19H21ClO/c1-2-3-4-5-9-17(20)14-11-12-19-16(13-14)15-8-6-7-10-18(15)21-19/h6-8,10-13,17H,2-5,9H2,1H3. The molecule has 0 saturated heterocycles. The Bertz CT molecular complexity index is 729. The molecule has 0 radical (unpaired) electrons. The van der Waals surface area contributed by atoms with Gasteiger partial charge in [0.15, 0.2) is 0 Å². The summed E-state index contributed by atoms with van der Waals surface area (Å²) in [6, 6.07) is 14.5. The van der Waals surface area contributed by atoms with Gasteiger partial charge in [-0.2, -0.15) is 0 Å². The number of unbranched alkanes of at least 4 members (excludes halogenated alkanes) is 3. The van der Waals surface area contributed by atoms with Crippen LogP contribution in [0.15, 0.2) is 46.9 Å². The highest BCUT2D eigenvalue weighted by Gasteiger charge is 2.11. The minimum atomic E-state index is 0.0971. The number of hydrogen-bond acceptors (Lipinski definition) is 1. The van der Waals surface area contributed by atoms with E-state index in [0.717, 1.165) is 17.6 Å². The van der Waals surface area contributed by atoms with E-state index >= 15 is 0 Å². The summed E-state index contributed by atoms with van der Waals surface area (Å²) in [5.41, 5.74) is 3.08. The predicted molar refractivity (Wildman–Crippen MR) is 91.1 cm³/mol. The van der Waals surface area contributed by atoms with Crippen LogP contribution in [0.25, 0.3) is 21.9 Å². The van der Waals surface area contributed by atoms with Crippen LogP contribution in [0.2, 0.25) is 0 Å². The van der Waals surface area contributed by atoms with Crippen molar-refractivity contribution in [2.24, 2.45) is 0 Å². The topological polar surface area (TPSA) is 13.1 Å². The molecule has 21 heavy (non-hydrogen) atoms. The minimum absolute atomic E-state index is 0.0971. The molecule has 0 amide bonds. The van der Waals surface area contributed by atoms with Crippen molar-refractivity contribution in [3.05, 3.63) is 48.0 Å². The number of furan rings is 1. The summed E-state index contributed by atoms with van der Waals surface area (Å²) in [6.45, 7) is 2.23. The summed E-state index contributed by atoms with van der Waals surface area (Å²) in [5, 5.41) is 2.44. The summed E-state index contributed by atoms with van der Waals surface area (Å²) >= 11 is 6.57. The third kappa shape index (κ3) is 3.08. The van der Waals surface area contributed by atoms with E-state index in [1.54, 1.807) is 0 Å². The van der Waals surface area contributed by atoms with Gasteiger partial charge in [-0.15, -0.1) is 11.6 Å². The number of para-hydroxylation sites is 1. The molecule has 2 heteroatoms. The highest BCUT2D eigenvalue weighted by Crippen LogP contribution is 2.33. The zero-order chi connectivity index (χ0) is 14.7. The molecule has 3 rings (SSSR count). The van der Waals surface area contributed by atoms with Gasteiger partial charge in [0, 0.05) is 10.8 Å². The van der Waals surface area contributed by atoms with Crippen LogP contribution in [0.5, 0.6) is 0 Å². The lowest BCUT2D eigenvalue weighted by Crippen LogP contribution is -1.90. The molecule has 0 aliphatic carbocycles. The van der Waals surface area contributed by atoms with E-state index in [9.17, 15) is 0 Å². The van der Waals surface area contributed by atoms with Crippen LogP contribution in [0.1, 0.15) is 50.0 Å². The van der Waals surface area contributed by atoms with Crippen molar-refractivity contribution in [1.29, 1.82) is 0 Å². The molecule has 1 unspecified atom stereocenters. The smallest absolute Gasteiger partial charge is 0.135 e. The Morgan fingerprint density at radius 3 is 2.62 bits per heavy atom. The fourth-order valence-electron chi connectivity index (χ4n) is 2.86. The molecule has 110 valence electrons. The SMILES string of the molecule is CCCCCCC(Cl)c1ccc2oc3ccccc3c2c1. The number of benzene rings is 2. The van der Waals surface area contributed by atoms with Crippen LogP contribution in [0, 0.1) is 0 Å². The monoisotopic (exact) mass is 300 g/mol. The first-order valence-electron chi connectivity index (χ1n) is 7.85. The number of rotatable bonds is 6. The lowest BCUT2D eigenvalue weighted by Gasteiger charge is -2.09. The number of hydrogen-bond donors (Lipinski definition) is 0. The van der Waals surface area contributed by atoms with Gasteiger partial charge >= 0.3 is 0 Å². The third-order valence-corrected chi connectivity index (χ3v) is 4.54. The Morgan fingerprint density at radius 2 is 1.76 bits per heavy atom. The summed E-state index contributed by atoms with van der Waals surface area (Å²) in [7, 11) is 0. The van der Waals surface area contributed by atoms with E-state index in [1.165, 1.54) is 42.0 Å². The normalized spacial score (nSPS) is 13.0. The number of fused-ring (bicyclic) bond motifs is 3. The van der Waals surface area contributed by atoms with E-state index in [2.05, 4.69) is 25.1 Å². The lowest BCUT2D eigenvalue weighted by atomic mass is 10.0. The van der Waals surface area contributed by atoms with Crippen molar-refractivity contribution in [3.63, 3.8) is 0 Å². The molecule has 0 spiro atoms. The molecule has 1 heterocycles. The molecule has 0 saturated carbocycles. The molecule has 1 atom stereocenters. The molecule has 0 N–H and O–H groups in total. The maximum atomic E-state index is 6.57. The summed E-state index contributed by atoms with van der Waals surface area (Å²) < 4.78 is 5.86. The molecule has 0 aliphatic heterocycles. The Labute approximate surface area is 130 Å². The molecular weight excluding hydrogens is 280 g/mol. The molecule has 0 fully saturated rings. The van der Waals surface area contributed by atoms with E-state index in [4.69, 9.17) is 16.0 Å². The summed E-state index contributed by atoms with van der Waals surface area (Å²) in [5.74, 6) is 0. The second-order valence-corrected chi connectivity index (χ2v) is 6.20. The molecule has 3 aromatic rings. The van der Waals surface area contributed by atoms with Crippen molar-refractivity contribution >= 4 is 33.5 Å². The molecular formula is C19H21ClO. The van der Waals surface area contributed by atoms with Gasteiger partial charge < -0.3 is 4.42 Å². The first-order valence-corrected chi connectivity index (χ1v) is 8.28. The molecule has 1 nitrogen and oxygen atoms in total. The molecule has 2 aromatic carbocycles. The first kappa shape index (κ1) is 14.5. The van der Waals surface area contributed by atoms with Crippen LogP contribution in [0.4, 0.5) is 0 Å². The average Bonchev–Trinajstić information content (AvgIpc) is 2.89. The fourth-order valence-corrected chi connectivity index (χ4v) is 3.15. The van der Waals surface area contributed by atoms with E-state index in [0.29, 0.717) is 0 Å². The van der Waals surface area contributed by atoms with Gasteiger partial charge in [0.25, 0.3) is 0 Å². The third-order valence-electron chi connectivity index (χ3n) is 4.07. The highest BCUT2D eigenvalue weighted by atomic mass is 35.5.